The highest BCUT2D eigenvalue weighted by atomic mass is 35.5. The van der Waals surface area contributed by atoms with Gasteiger partial charge in [-0.2, -0.15) is 0 Å². The van der Waals surface area contributed by atoms with Crippen molar-refractivity contribution >= 4 is 51.8 Å². The second kappa shape index (κ2) is 6.27. The molecule has 0 radical (unpaired) electrons. The number of rotatable bonds is 3. The van der Waals surface area contributed by atoms with Gasteiger partial charge in [0, 0.05) is 6.04 Å². The van der Waals surface area contributed by atoms with Crippen LogP contribution in [0.15, 0.2) is 6.07 Å². The monoisotopic (exact) mass is 379 g/mol. The number of aliphatic hydroxyl groups excluding tert-OH is 2. The molecule has 2 aromatic rings. The fraction of sp³-hybridized carbons (Fsp3) is 0.500. The van der Waals surface area contributed by atoms with Crippen LogP contribution in [-0.2, 0) is 4.74 Å². The number of hydrogen-bond acceptors (Lipinski definition) is 5. The third-order valence-electron chi connectivity index (χ3n) is 3.62. The number of nitrogens with zero attached hydrogens (tertiary/aromatic N) is 2. The lowest BCUT2D eigenvalue weighted by atomic mass is 10.2. The topological polar surface area (TPSA) is 79.5 Å². The molecule has 3 atom stereocenters. The molecular weight excluding hydrogens is 365 g/mol. The number of aromatic nitrogens is 2. The first kappa shape index (κ1) is 17.1. The smallest absolute Gasteiger partial charge is 0.206 e. The number of aliphatic hydroxyl groups is 2. The molecule has 0 amide bonds. The second-order valence-electron chi connectivity index (χ2n) is 5.74. The van der Waals surface area contributed by atoms with Gasteiger partial charge in [-0.1, -0.05) is 34.8 Å². The van der Waals surface area contributed by atoms with Crippen molar-refractivity contribution in [3.8, 4) is 0 Å². The molecule has 1 fully saturated rings. The molecule has 1 aromatic carbocycles. The summed E-state index contributed by atoms with van der Waals surface area (Å²) < 4.78 is 7.17. The van der Waals surface area contributed by atoms with Gasteiger partial charge in [-0.3, -0.25) is 4.57 Å². The molecule has 126 valence electrons. The first-order valence-corrected chi connectivity index (χ1v) is 8.24. The van der Waals surface area contributed by atoms with Gasteiger partial charge in [-0.05, 0) is 19.9 Å². The van der Waals surface area contributed by atoms with Crippen LogP contribution in [0.3, 0.4) is 0 Å². The average Bonchev–Trinajstić information content (AvgIpc) is 2.98. The predicted molar refractivity (Wildman–Crippen MR) is 90.5 cm³/mol. The number of hydrogen-bond donors (Lipinski definition) is 3. The van der Waals surface area contributed by atoms with E-state index in [1.54, 1.807) is 10.6 Å². The van der Waals surface area contributed by atoms with Crippen LogP contribution in [0, 0.1) is 0 Å². The fourth-order valence-electron chi connectivity index (χ4n) is 2.57. The summed E-state index contributed by atoms with van der Waals surface area (Å²) in [6.07, 6.45) is -2.86. The Morgan fingerprint density at radius 3 is 2.57 bits per heavy atom. The van der Waals surface area contributed by atoms with Crippen molar-refractivity contribution in [3.05, 3.63) is 21.1 Å². The highest BCUT2D eigenvalue weighted by Gasteiger charge is 2.38. The molecule has 23 heavy (non-hydrogen) atoms. The number of anilines is 1. The van der Waals surface area contributed by atoms with Gasteiger partial charge in [0.05, 0.1) is 27.2 Å². The summed E-state index contributed by atoms with van der Waals surface area (Å²) in [7, 11) is 0. The highest BCUT2D eigenvalue weighted by molar-refractivity contribution is 6.50. The molecule has 1 aliphatic heterocycles. The number of fused-ring (bicyclic) bond motifs is 1. The standard InChI is InChI=1S/C14H16Cl3N3O3/c1-5(2)18-14-19-11-7(3-6(15)9(16)10(11)17)20(14)13-12(22)8(21)4-23-13/h3,5,8,12-13,21-22H,4H2,1-2H3,(H,18,19). The summed E-state index contributed by atoms with van der Waals surface area (Å²) in [5.74, 6) is 0.452. The lowest BCUT2D eigenvalue weighted by Gasteiger charge is -2.21. The van der Waals surface area contributed by atoms with E-state index in [9.17, 15) is 10.2 Å². The summed E-state index contributed by atoms with van der Waals surface area (Å²) in [4.78, 5) is 4.46. The first-order chi connectivity index (χ1) is 10.8. The van der Waals surface area contributed by atoms with Gasteiger partial charge in [0.15, 0.2) is 6.23 Å². The van der Waals surface area contributed by atoms with Crippen molar-refractivity contribution in [3.63, 3.8) is 0 Å². The van der Waals surface area contributed by atoms with E-state index in [0.717, 1.165) is 0 Å². The molecule has 1 saturated heterocycles. The van der Waals surface area contributed by atoms with Crippen molar-refractivity contribution < 1.29 is 14.9 Å². The van der Waals surface area contributed by atoms with Crippen molar-refractivity contribution in [2.45, 2.75) is 38.3 Å². The van der Waals surface area contributed by atoms with Crippen LogP contribution < -0.4 is 5.32 Å². The Labute approximate surface area is 147 Å². The molecule has 9 heteroatoms. The molecule has 1 aromatic heterocycles. The second-order valence-corrected chi connectivity index (χ2v) is 6.90. The maximum atomic E-state index is 10.2. The van der Waals surface area contributed by atoms with Crippen LogP contribution in [0.1, 0.15) is 20.1 Å². The van der Waals surface area contributed by atoms with Crippen LogP contribution in [0.25, 0.3) is 11.0 Å². The lowest BCUT2D eigenvalue weighted by molar-refractivity contribution is -0.0148. The van der Waals surface area contributed by atoms with Crippen molar-refractivity contribution in [1.82, 2.24) is 9.55 Å². The zero-order valence-electron chi connectivity index (χ0n) is 12.4. The number of benzene rings is 1. The first-order valence-electron chi connectivity index (χ1n) is 7.11. The molecule has 0 aliphatic carbocycles. The Bertz CT molecular complexity index is 750. The Morgan fingerprint density at radius 2 is 2.00 bits per heavy atom. The maximum absolute atomic E-state index is 10.2. The highest BCUT2D eigenvalue weighted by Crippen LogP contribution is 2.40. The van der Waals surface area contributed by atoms with E-state index in [-0.39, 0.29) is 27.7 Å². The van der Waals surface area contributed by atoms with Gasteiger partial charge in [-0.15, -0.1) is 0 Å². The fourth-order valence-corrected chi connectivity index (χ4v) is 3.20. The van der Waals surface area contributed by atoms with Crippen LogP contribution in [-0.4, -0.2) is 44.6 Å². The summed E-state index contributed by atoms with van der Waals surface area (Å²) >= 11 is 18.5. The minimum absolute atomic E-state index is 0.0294. The van der Waals surface area contributed by atoms with E-state index >= 15 is 0 Å². The molecule has 1 aliphatic rings. The maximum Gasteiger partial charge on any atom is 0.206 e. The van der Waals surface area contributed by atoms with E-state index < -0.39 is 18.4 Å². The van der Waals surface area contributed by atoms with E-state index in [2.05, 4.69) is 10.3 Å². The SMILES string of the molecule is CC(C)Nc1nc2c(Cl)c(Cl)c(Cl)cc2n1C1OCC(O)C1O. The molecule has 0 spiro atoms. The zero-order chi connectivity index (χ0) is 16.9. The van der Waals surface area contributed by atoms with Crippen LogP contribution >= 0.6 is 34.8 Å². The molecule has 2 heterocycles. The normalized spacial score (nSPS) is 24.8. The number of nitrogens with one attached hydrogen (secondary N) is 1. The van der Waals surface area contributed by atoms with Crippen LogP contribution in [0.5, 0.6) is 0 Å². The minimum atomic E-state index is -1.09. The van der Waals surface area contributed by atoms with Crippen molar-refractivity contribution in [2.24, 2.45) is 0 Å². The van der Waals surface area contributed by atoms with E-state index in [1.165, 1.54) is 0 Å². The molecule has 3 rings (SSSR count). The van der Waals surface area contributed by atoms with Crippen LogP contribution in [0.2, 0.25) is 15.1 Å². The molecule has 0 saturated carbocycles. The van der Waals surface area contributed by atoms with E-state index in [4.69, 9.17) is 39.5 Å². The molecule has 3 N–H and O–H groups in total. The van der Waals surface area contributed by atoms with Gasteiger partial charge in [0.1, 0.15) is 17.7 Å². The third-order valence-corrected chi connectivity index (χ3v) is 4.87. The quantitative estimate of drug-likeness (QED) is 0.713. The third kappa shape index (κ3) is 2.88. The Kier molecular flexibility index (Phi) is 4.66. The van der Waals surface area contributed by atoms with Gasteiger partial charge in [0.2, 0.25) is 5.95 Å². The molecule has 6 nitrogen and oxygen atoms in total. The molecule has 0 bridgehead atoms. The van der Waals surface area contributed by atoms with Crippen molar-refractivity contribution in [2.75, 3.05) is 11.9 Å². The van der Waals surface area contributed by atoms with Gasteiger partial charge < -0.3 is 20.3 Å². The Balaban J connectivity index is 2.24. The molecular formula is C14H16Cl3N3O3. The summed E-state index contributed by atoms with van der Waals surface area (Å²) in [6.45, 7) is 3.93. The van der Waals surface area contributed by atoms with Crippen molar-refractivity contribution in [1.29, 1.82) is 0 Å². The van der Waals surface area contributed by atoms with E-state index in [0.29, 0.717) is 17.0 Å². The number of halogens is 3. The summed E-state index contributed by atoms with van der Waals surface area (Å²) in [5.41, 5.74) is 1.01. The minimum Gasteiger partial charge on any atom is -0.388 e. The Morgan fingerprint density at radius 1 is 1.30 bits per heavy atom. The predicted octanol–water partition coefficient (Wildman–Crippen LogP) is 3.07. The largest absolute Gasteiger partial charge is 0.388 e. The average molecular weight is 381 g/mol. The number of ether oxygens (including phenoxy) is 1. The zero-order valence-corrected chi connectivity index (χ0v) is 14.7. The van der Waals surface area contributed by atoms with E-state index in [1.807, 2.05) is 13.8 Å². The lowest BCUT2D eigenvalue weighted by Crippen LogP contribution is -2.29. The van der Waals surface area contributed by atoms with Gasteiger partial charge in [0.25, 0.3) is 0 Å². The summed E-state index contributed by atoms with van der Waals surface area (Å²) in [6, 6.07) is 1.70. The molecule has 3 unspecified atom stereocenters. The Hall–Kier alpha value is -0.760. The van der Waals surface area contributed by atoms with Gasteiger partial charge >= 0.3 is 0 Å². The van der Waals surface area contributed by atoms with Crippen LogP contribution in [0.4, 0.5) is 5.95 Å². The summed E-state index contributed by atoms with van der Waals surface area (Å²) in [5, 5.41) is 23.9. The number of imidazole rings is 1. The van der Waals surface area contributed by atoms with Gasteiger partial charge in [-0.25, -0.2) is 4.98 Å².